The second-order valence-corrected chi connectivity index (χ2v) is 7.66. The number of carbonyl (C=O) groups excluding carboxylic acids is 1. The highest BCUT2D eigenvalue weighted by atomic mass is 127. The Morgan fingerprint density at radius 1 is 1.26 bits per heavy atom. The van der Waals surface area contributed by atoms with Gasteiger partial charge in [-0.2, -0.15) is 23.3 Å². The average molecular weight is 440 g/mol. The summed E-state index contributed by atoms with van der Waals surface area (Å²) in [6, 6.07) is 6.31. The molecule has 1 atom stereocenters. The number of amides is 1. The van der Waals surface area contributed by atoms with Crippen LogP contribution < -0.4 is 0 Å². The van der Waals surface area contributed by atoms with Gasteiger partial charge in [-0.25, -0.2) is 0 Å². The van der Waals surface area contributed by atoms with E-state index in [-0.39, 0.29) is 5.56 Å². The van der Waals surface area contributed by atoms with Gasteiger partial charge in [0.25, 0.3) is 5.91 Å². The Morgan fingerprint density at radius 3 is 2.22 bits per heavy atom. The van der Waals surface area contributed by atoms with E-state index in [9.17, 15) is 23.1 Å². The minimum atomic E-state index is -4.69. The number of benzene rings is 1. The predicted molar refractivity (Wildman–Crippen MR) is 87.8 cm³/mol. The van der Waals surface area contributed by atoms with E-state index in [1.807, 2.05) is 0 Å². The summed E-state index contributed by atoms with van der Waals surface area (Å²) in [4.78, 5) is 12.6. The maximum Gasteiger partial charge on any atom is 0.431 e. The van der Waals surface area contributed by atoms with E-state index >= 15 is 0 Å². The number of halogens is 4. The summed E-state index contributed by atoms with van der Waals surface area (Å²) in [6.45, 7) is 4.70. The van der Waals surface area contributed by atoms with E-state index in [1.54, 1.807) is 32.9 Å². The lowest BCUT2D eigenvalue weighted by Crippen LogP contribution is -2.55. The summed E-state index contributed by atoms with van der Waals surface area (Å²) in [6.07, 6.45) is -5.45. The van der Waals surface area contributed by atoms with Crippen LogP contribution in [0.4, 0.5) is 13.2 Å². The van der Waals surface area contributed by atoms with Gasteiger partial charge in [-0.05, 0) is 46.9 Å². The van der Waals surface area contributed by atoms with Crippen molar-refractivity contribution in [2.45, 2.75) is 39.1 Å². The molecule has 2 rings (SSSR count). The molecule has 23 heavy (non-hydrogen) atoms. The Balaban J connectivity index is 2.48. The first-order chi connectivity index (χ1) is 10.4. The number of aliphatic hydroxyl groups is 1. The van der Waals surface area contributed by atoms with E-state index in [2.05, 4.69) is 27.7 Å². The number of hydrazone groups is 1. The number of carbonyl (C=O) groups is 1. The van der Waals surface area contributed by atoms with E-state index in [0.29, 0.717) is 5.01 Å². The molecule has 0 radical (unpaired) electrons. The van der Waals surface area contributed by atoms with Gasteiger partial charge in [0.15, 0.2) is 5.72 Å². The fourth-order valence-corrected chi connectivity index (χ4v) is 2.57. The molecule has 1 N–H and O–H groups in total. The van der Waals surface area contributed by atoms with Crippen molar-refractivity contribution in [3.63, 3.8) is 0 Å². The van der Waals surface area contributed by atoms with Crippen molar-refractivity contribution < 1.29 is 23.1 Å². The van der Waals surface area contributed by atoms with Crippen LogP contribution in [0.3, 0.4) is 0 Å². The Bertz CT molecular complexity index is 650. The van der Waals surface area contributed by atoms with Gasteiger partial charge < -0.3 is 5.11 Å². The monoisotopic (exact) mass is 440 g/mol. The van der Waals surface area contributed by atoms with Crippen LogP contribution in [0.1, 0.15) is 37.6 Å². The zero-order chi connectivity index (χ0) is 17.6. The molecule has 0 spiro atoms. The zero-order valence-corrected chi connectivity index (χ0v) is 14.9. The number of nitrogens with zero attached hydrogens (tertiary/aromatic N) is 2. The lowest BCUT2D eigenvalue weighted by Gasteiger charge is -2.41. The predicted octanol–water partition coefficient (Wildman–Crippen LogP) is 3.79. The molecule has 1 heterocycles. The molecule has 1 aromatic rings. The standard InChI is InChI=1S/C15H16F3IN2O2/c1-13(2,3)14(23)8-11(15(16,17)18)20-21(14)12(22)9-4-6-10(19)7-5-9/h4-7,23H,8H2,1-3H3/t14-/m0/s1. The lowest BCUT2D eigenvalue weighted by molar-refractivity contribution is -0.144. The van der Waals surface area contributed by atoms with E-state index in [0.717, 1.165) is 3.57 Å². The molecule has 0 fully saturated rings. The third-order valence-corrected chi connectivity index (χ3v) is 4.52. The molecule has 0 saturated heterocycles. The number of hydrogen-bond donors (Lipinski definition) is 1. The molecule has 0 bridgehead atoms. The van der Waals surface area contributed by atoms with Crippen LogP contribution in [0, 0.1) is 8.99 Å². The van der Waals surface area contributed by atoms with Crippen LogP contribution in [-0.2, 0) is 0 Å². The molecule has 1 amide bonds. The Labute approximate surface area is 145 Å². The van der Waals surface area contributed by atoms with Crippen LogP contribution in [-0.4, -0.2) is 33.6 Å². The minimum Gasteiger partial charge on any atom is -0.368 e. The average Bonchev–Trinajstić information content (AvgIpc) is 2.78. The number of rotatable bonds is 1. The Kier molecular flexibility index (Phi) is 4.53. The number of alkyl halides is 3. The highest BCUT2D eigenvalue weighted by Gasteiger charge is 2.57. The second kappa shape index (κ2) is 5.73. The van der Waals surface area contributed by atoms with Crippen molar-refractivity contribution in [2.75, 3.05) is 0 Å². The van der Waals surface area contributed by atoms with Crippen molar-refractivity contribution in [3.05, 3.63) is 33.4 Å². The fourth-order valence-electron chi connectivity index (χ4n) is 2.22. The quantitative estimate of drug-likeness (QED) is 0.676. The molecule has 1 aromatic carbocycles. The minimum absolute atomic E-state index is 0.167. The normalized spacial score (nSPS) is 22.3. The maximum atomic E-state index is 13.0. The Hall–Kier alpha value is -1.16. The summed E-state index contributed by atoms with van der Waals surface area (Å²) in [5.74, 6) is -0.766. The first-order valence-electron chi connectivity index (χ1n) is 6.83. The van der Waals surface area contributed by atoms with Crippen LogP contribution >= 0.6 is 22.6 Å². The van der Waals surface area contributed by atoms with Crippen LogP contribution in [0.2, 0.25) is 0 Å². The van der Waals surface area contributed by atoms with E-state index in [1.165, 1.54) is 12.1 Å². The molecule has 0 aliphatic carbocycles. The van der Waals surface area contributed by atoms with Crippen LogP contribution in [0.15, 0.2) is 29.4 Å². The van der Waals surface area contributed by atoms with Gasteiger partial charge in [-0.1, -0.05) is 20.8 Å². The number of hydrogen-bond acceptors (Lipinski definition) is 3. The first kappa shape index (κ1) is 18.2. The van der Waals surface area contributed by atoms with Crippen molar-refractivity contribution >= 4 is 34.2 Å². The van der Waals surface area contributed by atoms with Gasteiger partial charge in [-0.3, -0.25) is 4.79 Å². The van der Waals surface area contributed by atoms with Gasteiger partial charge >= 0.3 is 6.18 Å². The molecule has 126 valence electrons. The Morgan fingerprint density at radius 2 is 1.78 bits per heavy atom. The summed E-state index contributed by atoms with van der Waals surface area (Å²) in [5.41, 5.74) is -4.05. The topological polar surface area (TPSA) is 52.9 Å². The fraction of sp³-hybridized carbons (Fsp3) is 0.467. The smallest absolute Gasteiger partial charge is 0.368 e. The third kappa shape index (κ3) is 3.37. The molecule has 0 aromatic heterocycles. The summed E-state index contributed by atoms with van der Waals surface area (Å²) in [7, 11) is 0. The summed E-state index contributed by atoms with van der Waals surface area (Å²) >= 11 is 2.05. The molecular weight excluding hydrogens is 424 g/mol. The summed E-state index contributed by atoms with van der Waals surface area (Å²) < 4.78 is 39.9. The van der Waals surface area contributed by atoms with E-state index in [4.69, 9.17) is 0 Å². The molecule has 1 aliphatic heterocycles. The van der Waals surface area contributed by atoms with Gasteiger partial charge in [0.1, 0.15) is 5.71 Å². The largest absolute Gasteiger partial charge is 0.431 e. The molecule has 8 heteroatoms. The molecule has 0 saturated carbocycles. The van der Waals surface area contributed by atoms with Gasteiger partial charge in [0.05, 0.1) is 0 Å². The highest BCUT2D eigenvalue weighted by Crippen LogP contribution is 2.44. The third-order valence-electron chi connectivity index (χ3n) is 3.80. The van der Waals surface area contributed by atoms with Gasteiger partial charge in [0, 0.05) is 21.0 Å². The lowest BCUT2D eigenvalue weighted by atomic mass is 9.80. The van der Waals surface area contributed by atoms with Crippen molar-refractivity contribution in [3.8, 4) is 0 Å². The first-order valence-corrected chi connectivity index (χ1v) is 7.91. The van der Waals surface area contributed by atoms with Gasteiger partial charge in [0.2, 0.25) is 0 Å². The molecule has 0 unspecified atom stereocenters. The second-order valence-electron chi connectivity index (χ2n) is 6.41. The SMILES string of the molecule is CC(C)(C)[C@@]1(O)CC(C(F)(F)F)=NN1C(=O)c1ccc(I)cc1. The van der Waals surface area contributed by atoms with Crippen molar-refractivity contribution in [1.82, 2.24) is 5.01 Å². The van der Waals surface area contributed by atoms with Gasteiger partial charge in [-0.15, -0.1) is 0 Å². The highest BCUT2D eigenvalue weighted by molar-refractivity contribution is 14.1. The van der Waals surface area contributed by atoms with Crippen molar-refractivity contribution in [2.24, 2.45) is 10.5 Å². The maximum absolute atomic E-state index is 13.0. The molecule has 4 nitrogen and oxygen atoms in total. The van der Waals surface area contributed by atoms with Crippen molar-refractivity contribution in [1.29, 1.82) is 0 Å². The van der Waals surface area contributed by atoms with Crippen LogP contribution in [0.5, 0.6) is 0 Å². The summed E-state index contributed by atoms with van der Waals surface area (Å²) in [5, 5.41) is 14.8. The van der Waals surface area contributed by atoms with E-state index < -0.39 is 35.4 Å². The van der Waals surface area contributed by atoms with Crippen LogP contribution in [0.25, 0.3) is 0 Å². The molecule has 1 aliphatic rings. The molecular formula is C15H16F3IN2O2. The zero-order valence-electron chi connectivity index (χ0n) is 12.8.